The summed E-state index contributed by atoms with van der Waals surface area (Å²) in [7, 11) is 1.51. The van der Waals surface area contributed by atoms with Crippen LogP contribution in [0.5, 0.6) is 11.6 Å². The maximum Gasteiger partial charge on any atom is 0.303 e. The van der Waals surface area contributed by atoms with Gasteiger partial charge in [0.05, 0.1) is 19.4 Å². The number of piperidine rings is 1. The fraction of sp³-hybridized carbons (Fsp3) is 0.478. The predicted octanol–water partition coefficient (Wildman–Crippen LogP) is 4.91. The lowest BCUT2D eigenvalue weighted by Crippen LogP contribution is -2.35. The van der Waals surface area contributed by atoms with E-state index in [9.17, 15) is 13.6 Å². The molecule has 1 saturated heterocycles. The Labute approximate surface area is 180 Å². The van der Waals surface area contributed by atoms with E-state index in [1.807, 2.05) is 6.92 Å². The van der Waals surface area contributed by atoms with E-state index < -0.39 is 17.6 Å². The summed E-state index contributed by atoms with van der Waals surface area (Å²) in [4.78, 5) is 16.9. The Bertz CT molecular complexity index is 891. The van der Waals surface area contributed by atoms with Crippen molar-refractivity contribution >= 4 is 11.7 Å². The summed E-state index contributed by atoms with van der Waals surface area (Å²) in [5.74, 6) is -1.39. The summed E-state index contributed by atoms with van der Waals surface area (Å²) in [6.07, 6.45) is 3.09. The SMILES string of the molecule is CCCCOc1nc(-c2cc(F)c(N3CCC(CC(=O)O)CC3)c(F)c2)ccc1OC. The molecule has 0 bridgehead atoms. The number of nitrogens with zero attached hydrogens (tertiary/aromatic N) is 2. The second kappa shape index (κ2) is 10.4. The molecule has 0 saturated carbocycles. The van der Waals surface area contributed by atoms with Crippen LogP contribution in [0.3, 0.4) is 0 Å². The van der Waals surface area contributed by atoms with Gasteiger partial charge in [0, 0.05) is 25.1 Å². The minimum Gasteiger partial charge on any atom is -0.491 e. The molecule has 1 aliphatic rings. The number of carbonyl (C=O) groups is 1. The van der Waals surface area contributed by atoms with Crippen molar-refractivity contribution < 1.29 is 28.2 Å². The van der Waals surface area contributed by atoms with E-state index in [4.69, 9.17) is 14.6 Å². The number of halogens is 2. The number of rotatable bonds is 9. The summed E-state index contributed by atoms with van der Waals surface area (Å²) < 4.78 is 40.8. The molecule has 168 valence electrons. The first-order valence-electron chi connectivity index (χ1n) is 10.6. The highest BCUT2D eigenvalue weighted by atomic mass is 19.1. The largest absolute Gasteiger partial charge is 0.491 e. The average molecular weight is 434 g/mol. The second-order valence-electron chi connectivity index (χ2n) is 7.72. The van der Waals surface area contributed by atoms with Crippen molar-refractivity contribution in [2.24, 2.45) is 5.92 Å². The van der Waals surface area contributed by atoms with Crippen molar-refractivity contribution in [1.82, 2.24) is 4.98 Å². The third-order valence-corrected chi connectivity index (χ3v) is 5.49. The van der Waals surface area contributed by atoms with Crippen LogP contribution in [-0.2, 0) is 4.79 Å². The monoisotopic (exact) mass is 434 g/mol. The number of hydrogen-bond acceptors (Lipinski definition) is 5. The molecule has 1 aromatic heterocycles. The van der Waals surface area contributed by atoms with Crippen LogP contribution in [0, 0.1) is 17.6 Å². The highest BCUT2D eigenvalue weighted by Crippen LogP contribution is 2.34. The molecule has 1 N–H and O–H groups in total. The summed E-state index contributed by atoms with van der Waals surface area (Å²) in [5, 5.41) is 8.93. The van der Waals surface area contributed by atoms with Gasteiger partial charge in [0.15, 0.2) is 5.75 Å². The number of aromatic nitrogens is 1. The quantitative estimate of drug-likeness (QED) is 0.566. The zero-order valence-electron chi connectivity index (χ0n) is 17.9. The number of pyridine rings is 1. The van der Waals surface area contributed by atoms with Gasteiger partial charge in [-0.3, -0.25) is 4.79 Å². The van der Waals surface area contributed by atoms with Gasteiger partial charge < -0.3 is 19.5 Å². The Morgan fingerprint density at radius 1 is 1.23 bits per heavy atom. The summed E-state index contributed by atoms with van der Waals surface area (Å²) >= 11 is 0. The smallest absolute Gasteiger partial charge is 0.303 e. The van der Waals surface area contributed by atoms with E-state index in [0.717, 1.165) is 12.8 Å². The number of anilines is 1. The van der Waals surface area contributed by atoms with Crippen LogP contribution in [0.25, 0.3) is 11.3 Å². The second-order valence-corrected chi connectivity index (χ2v) is 7.72. The van der Waals surface area contributed by atoms with Crippen molar-refractivity contribution in [1.29, 1.82) is 0 Å². The number of carboxylic acid groups (broad SMARTS) is 1. The van der Waals surface area contributed by atoms with E-state index in [0.29, 0.717) is 55.4 Å². The molecule has 0 spiro atoms. The average Bonchev–Trinajstić information content (AvgIpc) is 2.74. The number of benzene rings is 1. The molecule has 0 aliphatic carbocycles. The molecule has 1 aromatic carbocycles. The van der Waals surface area contributed by atoms with Crippen molar-refractivity contribution in [2.75, 3.05) is 31.7 Å². The van der Waals surface area contributed by atoms with E-state index in [1.54, 1.807) is 17.0 Å². The van der Waals surface area contributed by atoms with Gasteiger partial charge in [0.2, 0.25) is 0 Å². The molecule has 0 atom stereocenters. The van der Waals surface area contributed by atoms with Gasteiger partial charge in [-0.2, -0.15) is 0 Å². The first kappa shape index (κ1) is 22.8. The Hall–Kier alpha value is -2.90. The van der Waals surface area contributed by atoms with E-state index in [-0.39, 0.29) is 18.0 Å². The summed E-state index contributed by atoms with van der Waals surface area (Å²) in [6, 6.07) is 5.84. The number of aliphatic carboxylic acids is 1. The maximum absolute atomic E-state index is 14.9. The van der Waals surface area contributed by atoms with Crippen LogP contribution in [0.2, 0.25) is 0 Å². The lowest BCUT2D eigenvalue weighted by atomic mass is 9.93. The zero-order chi connectivity index (χ0) is 22.4. The third kappa shape index (κ3) is 5.62. The molecule has 1 fully saturated rings. The van der Waals surface area contributed by atoms with Gasteiger partial charge in [0.1, 0.15) is 17.3 Å². The molecule has 31 heavy (non-hydrogen) atoms. The molecule has 6 nitrogen and oxygen atoms in total. The normalized spacial score (nSPS) is 14.5. The number of unbranched alkanes of at least 4 members (excludes halogenated alkanes) is 1. The van der Waals surface area contributed by atoms with Gasteiger partial charge >= 0.3 is 5.97 Å². The van der Waals surface area contributed by atoms with E-state index in [1.165, 1.54) is 19.2 Å². The molecule has 1 aliphatic heterocycles. The number of ether oxygens (including phenoxy) is 2. The van der Waals surface area contributed by atoms with Crippen LogP contribution in [0.1, 0.15) is 39.0 Å². The van der Waals surface area contributed by atoms with E-state index >= 15 is 0 Å². The number of carboxylic acids is 1. The molecular weight excluding hydrogens is 406 g/mol. The molecule has 2 aromatic rings. The third-order valence-electron chi connectivity index (χ3n) is 5.49. The van der Waals surface area contributed by atoms with Crippen LogP contribution < -0.4 is 14.4 Å². The first-order valence-corrected chi connectivity index (χ1v) is 10.6. The van der Waals surface area contributed by atoms with Gasteiger partial charge in [0.25, 0.3) is 5.88 Å². The summed E-state index contributed by atoms with van der Waals surface area (Å²) in [5.41, 5.74) is 0.616. The highest BCUT2D eigenvalue weighted by Gasteiger charge is 2.26. The van der Waals surface area contributed by atoms with Crippen molar-refractivity contribution in [3.05, 3.63) is 35.9 Å². The standard InChI is InChI=1S/C23H28F2N2O4/c1-3-4-11-31-23-20(30-2)6-5-19(26-23)16-13-17(24)22(18(25)14-16)27-9-7-15(8-10-27)12-21(28)29/h5-6,13-15H,3-4,7-12H2,1-2H3,(H,28,29). The maximum atomic E-state index is 14.9. The first-order chi connectivity index (χ1) is 14.9. The van der Waals surface area contributed by atoms with Gasteiger partial charge in [-0.1, -0.05) is 13.3 Å². The van der Waals surface area contributed by atoms with Crippen LogP contribution >= 0.6 is 0 Å². The van der Waals surface area contributed by atoms with Crippen molar-refractivity contribution in [3.63, 3.8) is 0 Å². The molecule has 0 unspecified atom stereocenters. The van der Waals surface area contributed by atoms with Crippen LogP contribution in [0.4, 0.5) is 14.5 Å². The molecule has 8 heteroatoms. The van der Waals surface area contributed by atoms with E-state index in [2.05, 4.69) is 4.98 Å². The van der Waals surface area contributed by atoms with Gasteiger partial charge in [-0.15, -0.1) is 0 Å². The molecule has 0 amide bonds. The van der Waals surface area contributed by atoms with Crippen molar-refractivity contribution in [2.45, 2.75) is 39.0 Å². The molecule has 0 radical (unpaired) electrons. The Morgan fingerprint density at radius 2 is 1.90 bits per heavy atom. The Kier molecular flexibility index (Phi) is 7.65. The molecule has 2 heterocycles. The predicted molar refractivity (Wildman–Crippen MR) is 114 cm³/mol. The lowest BCUT2D eigenvalue weighted by molar-refractivity contribution is -0.138. The lowest BCUT2D eigenvalue weighted by Gasteiger charge is -2.33. The topological polar surface area (TPSA) is 71.9 Å². The van der Waals surface area contributed by atoms with Gasteiger partial charge in [-0.25, -0.2) is 13.8 Å². The highest BCUT2D eigenvalue weighted by molar-refractivity contribution is 5.67. The molecular formula is C23H28F2N2O4. The zero-order valence-corrected chi connectivity index (χ0v) is 17.9. The fourth-order valence-corrected chi connectivity index (χ4v) is 3.78. The minimum absolute atomic E-state index is 0.0359. The van der Waals surface area contributed by atoms with Gasteiger partial charge in [-0.05, 0) is 49.4 Å². The fourth-order valence-electron chi connectivity index (χ4n) is 3.78. The Morgan fingerprint density at radius 3 is 2.48 bits per heavy atom. The summed E-state index contributed by atoms with van der Waals surface area (Å²) in [6.45, 7) is 3.36. The minimum atomic E-state index is -0.842. The Balaban J connectivity index is 1.80. The molecule has 3 rings (SSSR count). The van der Waals surface area contributed by atoms with Crippen LogP contribution in [-0.4, -0.2) is 42.9 Å². The number of methoxy groups -OCH3 is 1. The van der Waals surface area contributed by atoms with Crippen LogP contribution in [0.15, 0.2) is 24.3 Å². The van der Waals surface area contributed by atoms with Crippen molar-refractivity contribution in [3.8, 4) is 22.9 Å². The number of hydrogen-bond donors (Lipinski definition) is 1.